The fourth-order valence-corrected chi connectivity index (χ4v) is 5.19. The van der Waals surface area contributed by atoms with Gasteiger partial charge in [0, 0.05) is 20.1 Å². The van der Waals surface area contributed by atoms with Crippen molar-refractivity contribution in [3.8, 4) is 11.1 Å². The number of nitrogens with zero attached hydrogens (tertiary/aromatic N) is 1. The smallest absolute Gasteiger partial charge is 0.242 e. The number of benzene rings is 2. The zero-order chi connectivity index (χ0) is 20.7. The highest BCUT2D eigenvalue weighted by Gasteiger charge is 2.28. The Bertz CT molecular complexity index is 972. The number of sulfonamides is 1. The van der Waals surface area contributed by atoms with E-state index in [1.807, 2.05) is 18.2 Å². The van der Waals surface area contributed by atoms with E-state index in [9.17, 15) is 17.5 Å². The Kier molecular flexibility index (Phi) is 5.91. The number of rotatable bonds is 6. The van der Waals surface area contributed by atoms with Gasteiger partial charge in [-0.25, -0.2) is 17.4 Å². The van der Waals surface area contributed by atoms with Crippen molar-refractivity contribution in [3.63, 3.8) is 0 Å². The Morgan fingerprint density at radius 2 is 1.64 bits per heavy atom. The first-order valence-corrected chi connectivity index (χ1v) is 12.2. The molecule has 0 saturated carbocycles. The van der Waals surface area contributed by atoms with E-state index in [2.05, 4.69) is 10.8 Å². The summed E-state index contributed by atoms with van der Waals surface area (Å²) in [7, 11) is -3.26. The van der Waals surface area contributed by atoms with Gasteiger partial charge in [-0.05, 0) is 61.1 Å². The van der Waals surface area contributed by atoms with Crippen molar-refractivity contribution in [2.75, 3.05) is 14.1 Å². The monoisotopic (exact) mass is 424 g/mol. The molecule has 0 saturated heterocycles. The lowest BCUT2D eigenvalue weighted by Gasteiger charge is -2.39. The second kappa shape index (κ2) is 7.78. The van der Waals surface area contributed by atoms with E-state index in [1.165, 1.54) is 24.0 Å². The minimum absolute atomic E-state index is 0.0156. The number of hydrogen-bond acceptors (Lipinski definition) is 5. The zero-order valence-corrected chi connectivity index (χ0v) is 18.2. The molecule has 0 bridgehead atoms. The Hall–Kier alpha value is -1.42. The van der Waals surface area contributed by atoms with Crippen LogP contribution in [-0.2, 0) is 22.9 Å². The molecule has 1 aliphatic carbocycles. The van der Waals surface area contributed by atoms with Crippen molar-refractivity contribution in [1.82, 2.24) is 9.03 Å². The summed E-state index contributed by atoms with van der Waals surface area (Å²) in [5.74, 6) is 0. The third-order valence-corrected chi connectivity index (χ3v) is 8.89. The maximum Gasteiger partial charge on any atom is 0.242 e. The van der Waals surface area contributed by atoms with Crippen molar-refractivity contribution >= 4 is 20.8 Å². The summed E-state index contributed by atoms with van der Waals surface area (Å²) in [6, 6.07) is 13.0. The third-order valence-electron chi connectivity index (χ3n) is 5.08. The average Bonchev–Trinajstić information content (AvgIpc) is 3.02. The van der Waals surface area contributed by atoms with Crippen LogP contribution in [0.2, 0.25) is 0 Å². The summed E-state index contributed by atoms with van der Waals surface area (Å²) in [5, 5.41) is -0.242. The van der Waals surface area contributed by atoms with Crippen molar-refractivity contribution in [2.24, 2.45) is 0 Å². The lowest BCUT2D eigenvalue weighted by Crippen LogP contribution is -2.36. The van der Waals surface area contributed by atoms with E-state index in [0.29, 0.717) is 6.42 Å². The summed E-state index contributed by atoms with van der Waals surface area (Å²) in [6.45, 7) is 3.58. The van der Waals surface area contributed by atoms with Gasteiger partial charge in [0.2, 0.25) is 10.0 Å². The van der Waals surface area contributed by atoms with Gasteiger partial charge >= 0.3 is 0 Å². The minimum Gasteiger partial charge on any atom is -0.285 e. The van der Waals surface area contributed by atoms with E-state index >= 15 is 0 Å². The van der Waals surface area contributed by atoms with E-state index in [-0.39, 0.29) is 16.2 Å². The van der Waals surface area contributed by atoms with E-state index < -0.39 is 20.8 Å². The van der Waals surface area contributed by atoms with Crippen LogP contribution in [0.3, 0.4) is 0 Å². The van der Waals surface area contributed by atoms with Gasteiger partial charge in [0.1, 0.15) is 0 Å². The van der Waals surface area contributed by atoms with Crippen LogP contribution in [0.1, 0.15) is 25.0 Å². The predicted molar refractivity (Wildman–Crippen MR) is 115 cm³/mol. The van der Waals surface area contributed by atoms with E-state index in [4.69, 9.17) is 0 Å². The van der Waals surface area contributed by atoms with Gasteiger partial charge in [-0.15, -0.1) is 10.8 Å². The molecule has 0 fully saturated rings. The molecule has 0 aromatic heterocycles. The zero-order valence-electron chi connectivity index (χ0n) is 16.6. The fraction of sp³-hybridized carbons (Fsp3) is 0.400. The summed E-state index contributed by atoms with van der Waals surface area (Å²) in [5.41, 5.74) is 4.12. The maximum absolute atomic E-state index is 12.4. The lowest BCUT2D eigenvalue weighted by atomic mass is 10.0. The van der Waals surface area contributed by atoms with Gasteiger partial charge in [-0.3, -0.25) is 9.11 Å². The van der Waals surface area contributed by atoms with Crippen LogP contribution in [0.4, 0.5) is 0 Å². The highest BCUT2D eigenvalue weighted by Crippen LogP contribution is 2.41. The first kappa shape index (κ1) is 21.3. The molecule has 1 atom stereocenters. The Morgan fingerprint density at radius 1 is 1.00 bits per heavy atom. The average molecular weight is 425 g/mol. The number of fused-ring (bicyclic) bond motifs is 1. The topological polar surface area (TPSA) is 89.9 Å². The normalized spacial score (nSPS) is 17.9. The molecule has 0 heterocycles. The van der Waals surface area contributed by atoms with Gasteiger partial charge < -0.3 is 0 Å². The predicted octanol–water partition coefficient (Wildman–Crippen LogP) is 3.73. The maximum atomic E-state index is 12.4. The minimum atomic E-state index is -3.49. The quantitative estimate of drug-likeness (QED) is 0.657. The highest BCUT2D eigenvalue weighted by molar-refractivity contribution is 8.23. The first-order valence-electron chi connectivity index (χ1n) is 9.20. The van der Waals surface area contributed by atoms with Gasteiger partial charge in [-0.2, -0.15) is 0 Å². The molecule has 2 aromatic rings. The molecular formula is C20H28N2O4S2. The SMILES string of the molecule is CC(C)S(O)(O)NC1Cc2ccc(-c3cccc(S(=O)(=O)N(C)C)c3)cc2C1. The summed E-state index contributed by atoms with van der Waals surface area (Å²) in [4.78, 5) is 0.265. The van der Waals surface area contributed by atoms with Crippen LogP contribution < -0.4 is 4.72 Å². The summed E-state index contributed by atoms with van der Waals surface area (Å²) in [6.07, 6.45) is 1.45. The Labute approximate surface area is 169 Å². The fourth-order valence-electron chi connectivity index (χ4n) is 3.31. The molecule has 0 spiro atoms. The van der Waals surface area contributed by atoms with Crippen LogP contribution in [0, 0.1) is 0 Å². The van der Waals surface area contributed by atoms with Crippen LogP contribution in [0.15, 0.2) is 47.4 Å². The molecule has 28 heavy (non-hydrogen) atoms. The van der Waals surface area contributed by atoms with Gasteiger partial charge in [-0.1, -0.05) is 30.3 Å². The van der Waals surface area contributed by atoms with Crippen LogP contribution in [0.5, 0.6) is 0 Å². The second-order valence-corrected chi connectivity index (χ2v) is 12.2. The molecule has 8 heteroatoms. The van der Waals surface area contributed by atoms with Crippen LogP contribution >= 0.6 is 10.8 Å². The second-order valence-electron chi connectivity index (χ2n) is 7.66. The van der Waals surface area contributed by atoms with Crippen LogP contribution in [-0.4, -0.2) is 47.2 Å². The molecule has 0 amide bonds. The van der Waals surface area contributed by atoms with Gasteiger partial charge in [0.05, 0.1) is 10.1 Å². The number of nitrogens with one attached hydrogen (secondary N) is 1. The number of hydrogen-bond donors (Lipinski definition) is 3. The molecule has 6 nitrogen and oxygen atoms in total. The molecule has 1 aliphatic rings. The molecule has 154 valence electrons. The molecular weight excluding hydrogens is 396 g/mol. The Morgan fingerprint density at radius 3 is 2.29 bits per heavy atom. The summed E-state index contributed by atoms with van der Waals surface area (Å²) < 4.78 is 49.4. The molecule has 0 aliphatic heterocycles. The van der Waals surface area contributed by atoms with E-state index in [0.717, 1.165) is 23.1 Å². The van der Waals surface area contributed by atoms with Crippen molar-refractivity contribution in [2.45, 2.75) is 42.9 Å². The van der Waals surface area contributed by atoms with Crippen LogP contribution in [0.25, 0.3) is 11.1 Å². The Balaban J connectivity index is 1.85. The first-order chi connectivity index (χ1) is 13.0. The largest absolute Gasteiger partial charge is 0.285 e. The molecule has 3 N–H and O–H groups in total. The molecule has 2 aromatic carbocycles. The van der Waals surface area contributed by atoms with Gasteiger partial charge in [0.15, 0.2) is 0 Å². The van der Waals surface area contributed by atoms with Crippen molar-refractivity contribution in [1.29, 1.82) is 0 Å². The van der Waals surface area contributed by atoms with Crippen molar-refractivity contribution < 1.29 is 17.5 Å². The summed E-state index contributed by atoms with van der Waals surface area (Å²) >= 11 is 0. The third kappa shape index (κ3) is 4.27. The molecule has 3 rings (SSSR count). The molecule has 1 unspecified atom stereocenters. The van der Waals surface area contributed by atoms with Gasteiger partial charge in [0.25, 0.3) is 0 Å². The lowest BCUT2D eigenvalue weighted by molar-refractivity contribution is 0.444. The highest BCUT2D eigenvalue weighted by atomic mass is 32.3. The molecule has 0 radical (unpaired) electrons. The van der Waals surface area contributed by atoms with E-state index in [1.54, 1.807) is 32.0 Å². The standard InChI is InChI=1S/C20H28N2O4S2/c1-14(2)27(23,24)21-19-11-17-9-8-16(10-18(17)12-19)15-6-5-7-20(13-15)28(25,26)22(3)4/h5-10,13-14,19,21,23-24H,11-12H2,1-4H3. The van der Waals surface area contributed by atoms with Crippen molar-refractivity contribution in [3.05, 3.63) is 53.6 Å².